The molecule has 0 unspecified atom stereocenters. The average Bonchev–Trinajstić information content (AvgIpc) is 3.27. The number of ketones is 1. The number of allylic oxidation sites excluding steroid dienone is 4. The van der Waals surface area contributed by atoms with E-state index in [1.165, 1.54) is 11.1 Å². The summed E-state index contributed by atoms with van der Waals surface area (Å²) in [5.74, 6) is 0.401. The van der Waals surface area contributed by atoms with Crippen LogP contribution in [0, 0.1) is 0 Å². The summed E-state index contributed by atoms with van der Waals surface area (Å²) in [6.45, 7) is 4.55. The molecule has 28 heavy (non-hydrogen) atoms. The van der Waals surface area contributed by atoms with E-state index in [1.54, 1.807) is 12.1 Å². The number of piperazine rings is 1. The lowest BCUT2D eigenvalue weighted by atomic mass is 10.0. The topological polar surface area (TPSA) is 52.6 Å². The fourth-order valence-corrected chi connectivity index (χ4v) is 4.56. The number of Topliss-reactive ketones (excluding diaryl/α,β-unsaturated/α-hetero) is 1. The fraction of sp³-hybridized carbons (Fsp3) is 0.292. The average molecular weight is 372 g/mol. The maximum absolute atomic E-state index is 13.1. The van der Waals surface area contributed by atoms with Crippen LogP contribution in [0.4, 0.5) is 0 Å². The minimum Gasteiger partial charge on any atom is -0.508 e. The molecule has 1 saturated heterocycles. The summed E-state index contributed by atoms with van der Waals surface area (Å²) in [5, 5.41) is 13.9. The first-order valence-electron chi connectivity index (χ1n) is 10.0. The second-order valence-electron chi connectivity index (χ2n) is 7.81. The van der Waals surface area contributed by atoms with E-state index in [2.05, 4.69) is 40.6 Å². The van der Waals surface area contributed by atoms with E-state index in [1.807, 2.05) is 6.07 Å². The Morgan fingerprint density at radius 2 is 1.89 bits per heavy atom. The number of hydrogen-bond acceptors (Lipinski definition) is 4. The van der Waals surface area contributed by atoms with Crippen molar-refractivity contribution in [1.82, 2.24) is 10.2 Å². The Hall–Kier alpha value is -2.69. The van der Waals surface area contributed by atoms with E-state index in [4.69, 9.17) is 0 Å². The van der Waals surface area contributed by atoms with Crippen molar-refractivity contribution >= 4 is 11.4 Å². The van der Waals surface area contributed by atoms with E-state index in [9.17, 15) is 9.90 Å². The van der Waals surface area contributed by atoms with Gasteiger partial charge in [0.15, 0.2) is 5.78 Å². The smallest absolute Gasteiger partial charge is 0.189 e. The second kappa shape index (κ2) is 7.04. The first kappa shape index (κ1) is 17.4. The molecule has 2 aromatic rings. The molecule has 1 heterocycles. The van der Waals surface area contributed by atoms with Crippen LogP contribution in [0.5, 0.6) is 5.75 Å². The third kappa shape index (κ3) is 2.99. The molecular formula is C24H24N2O2. The van der Waals surface area contributed by atoms with Gasteiger partial charge in [-0.3, -0.25) is 9.69 Å². The van der Waals surface area contributed by atoms with E-state index in [0.717, 1.165) is 60.4 Å². The van der Waals surface area contributed by atoms with Gasteiger partial charge in [-0.05, 0) is 46.9 Å². The van der Waals surface area contributed by atoms with Gasteiger partial charge in [0.1, 0.15) is 5.75 Å². The Kier molecular flexibility index (Phi) is 4.38. The van der Waals surface area contributed by atoms with Crippen molar-refractivity contribution in [2.24, 2.45) is 0 Å². The molecule has 142 valence electrons. The first-order chi connectivity index (χ1) is 13.7. The van der Waals surface area contributed by atoms with E-state index < -0.39 is 0 Å². The highest BCUT2D eigenvalue weighted by Gasteiger charge is 2.30. The number of phenolic OH excluding ortho intramolecular Hbond substituents is 1. The zero-order valence-corrected chi connectivity index (χ0v) is 15.9. The van der Waals surface area contributed by atoms with Crippen LogP contribution in [0.1, 0.15) is 32.6 Å². The summed E-state index contributed by atoms with van der Waals surface area (Å²) in [5.41, 5.74) is 7.17. The maximum atomic E-state index is 13.1. The van der Waals surface area contributed by atoms with Crippen LogP contribution < -0.4 is 5.32 Å². The number of carbonyl (C=O) groups excluding carboxylic acids is 1. The summed E-state index contributed by atoms with van der Waals surface area (Å²) in [4.78, 5) is 15.4. The largest absolute Gasteiger partial charge is 0.508 e. The first-order valence-corrected chi connectivity index (χ1v) is 10.0. The number of fused-ring (bicyclic) bond motifs is 2. The van der Waals surface area contributed by atoms with Gasteiger partial charge in [-0.1, -0.05) is 30.3 Å². The minimum atomic E-state index is 0.0989. The van der Waals surface area contributed by atoms with Crippen LogP contribution in [0.2, 0.25) is 0 Å². The van der Waals surface area contributed by atoms with Crippen molar-refractivity contribution in [2.45, 2.75) is 19.4 Å². The Labute approximate surface area is 165 Å². The molecule has 0 amide bonds. The van der Waals surface area contributed by atoms with Gasteiger partial charge in [-0.15, -0.1) is 0 Å². The van der Waals surface area contributed by atoms with E-state index in [0.29, 0.717) is 18.7 Å². The molecule has 0 saturated carbocycles. The van der Waals surface area contributed by atoms with Gasteiger partial charge >= 0.3 is 0 Å². The molecular weight excluding hydrogens is 348 g/mol. The van der Waals surface area contributed by atoms with Gasteiger partial charge in [0.2, 0.25) is 0 Å². The van der Waals surface area contributed by atoms with Crippen molar-refractivity contribution in [3.63, 3.8) is 0 Å². The van der Waals surface area contributed by atoms with Gasteiger partial charge in [0.25, 0.3) is 0 Å². The fourth-order valence-electron chi connectivity index (χ4n) is 4.56. The quantitative estimate of drug-likeness (QED) is 0.813. The SMILES string of the molecule is O=C1/C(=C/C2=CCc3ccccc32)Cc2c1ccc(O)c2CN1CCNCC1. The summed E-state index contributed by atoms with van der Waals surface area (Å²) in [7, 11) is 0. The molecule has 2 aromatic carbocycles. The predicted octanol–water partition coefficient (Wildman–Crippen LogP) is 3.10. The number of rotatable bonds is 3. The van der Waals surface area contributed by atoms with Gasteiger partial charge in [0, 0.05) is 55.8 Å². The molecule has 4 heteroatoms. The molecule has 0 atom stereocenters. The molecule has 0 radical (unpaired) electrons. The van der Waals surface area contributed by atoms with E-state index >= 15 is 0 Å². The maximum Gasteiger partial charge on any atom is 0.189 e. The Balaban J connectivity index is 1.46. The Bertz CT molecular complexity index is 1010. The highest BCUT2D eigenvalue weighted by molar-refractivity contribution is 6.14. The summed E-state index contributed by atoms with van der Waals surface area (Å²) in [6, 6.07) is 11.8. The molecule has 0 aromatic heterocycles. The van der Waals surface area contributed by atoms with Gasteiger partial charge < -0.3 is 10.4 Å². The number of aromatic hydroxyl groups is 1. The third-order valence-corrected chi connectivity index (χ3v) is 6.10. The molecule has 2 N–H and O–H groups in total. The lowest BCUT2D eigenvalue weighted by Crippen LogP contribution is -2.43. The van der Waals surface area contributed by atoms with Gasteiger partial charge in [-0.25, -0.2) is 0 Å². The standard InChI is InChI=1S/C24H24N2O2/c27-23-8-7-20-21(22(23)15-26-11-9-25-10-12-26)14-18(24(20)28)13-17-6-5-16-3-1-2-4-19(16)17/h1-4,6-8,13,25,27H,5,9-12,14-15H2/b18-13+. The highest BCUT2D eigenvalue weighted by Crippen LogP contribution is 2.37. The third-order valence-electron chi connectivity index (χ3n) is 6.10. The van der Waals surface area contributed by atoms with Crippen LogP contribution in [-0.2, 0) is 19.4 Å². The number of benzene rings is 2. The molecule has 1 aliphatic heterocycles. The monoisotopic (exact) mass is 372 g/mol. The number of carbonyl (C=O) groups is 1. The molecule has 2 aliphatic carbocycles. The van der Waals surface area contributed by atoms with Crippen LogP contribution in [0.15, 0.2) is 54.1 Å². The summed E-state index contributed by atoms with van der Waals surface area (Å²) >= 11 is 0. The Morgan fingerprint density at radius 3 is 2.75 bits per heavy atom. The van der Waals surface area contributed by atoms with E-state index in [-0.39, 0.29) is 5.78 Å². The van der Waals surface area contributed by atoms with Crippen LogP contribution in [-0.4, -0.2) is 42.0 Å². The zero-order valence-electron chi connectivity index (χ0n) is 15.9. The molecule has 1 fully saturated rings. The van der Waals surface area contributed by atoms with Crippen molar-refractivity contribution in [3.05, 3.63) is 81.9 Å². The highest BCUT2D eigenvalue weighted by atomic mass is 16.3. The number of nitrogens with one attached hydrogen (secondary N) is 1. The molecule has 0 spiro atoms. The minimum absolute atomic E-state index is 0.0989. The second-order valence-corrected chi connectivity index (χ2v) is 7.81. The van der Waals surface area contributed by atoms with Crippen molar-refractivity contribution in [2.75, 3.05) is 26.2 Å². The number of phenols is 1. The lowest BCUT2D eigenvalue weighted by molar-refractivity contribution is 0.103. The zero-order chi connectivity index (χ0) is 19.1. The molecule has 5 rings (SSSR count). The molecule has 4 nitrogen and oxygen atoms in total. The van der Waals surface area contributed by atoms with Crippen LogP contribution in [0.3, 0.4) is 0 Å². The van der Waals surface area contributed by atoms with Gasteiger partial charge in [-0.2, -0.15) is 0 Å². The number of nitrogens with zero attached hydrogens (tertiary/aromatic N) is 1. The summed E-state index contributed by atoms with van der Waals surface area (Å²) < 4.78 is 0. The molecule has 3 aliphatic rings. The Morgan fingerprint density at radius 1 is 1.07 bits per heavy atom. The number of hydrogen-bond donors (Lipinski definition) is 2. The lowest BCUT2D eigenvalue weighted by Gasteiger charge is -2.28. The van der Waals surface area contributed by atoms with Crippen molar-refractivity contribution in [3.8, 4) is 5.75 Å². The normalized spacial score (nSPS) is 20.4. The van der Waals surface area contributed by atoms with Crippen molar-refractivity contribution in [1.29, 1.82) is 0 Å². The van der Waals surface area contributed by atoms with Crippen molar-refractivity contribution < 1.29 is 9.90 Å². The van der Waals surface area contributed by atoms with Crippen LogP contribution >= 0.6 is 0 Å². The predicted molar refractivity (Wildman–Crippen MR) is 110 cm³/mol. The summed E-state index contributed by atoms with van der Waals surface area (Å²) in [6.07, 6.45) is 5.78. The van der Waals surface area contributed by atoms with Gasteiger partial charge in [0.05, 0.1) is 0 Å². The van der Waals surface area contributed by atoms with Crippen LogP contribution in [0.25, 0.3) is 5.57 Å². The molecule has 0 bridgehead atoms.